The number of nitrogens with two attached hydrogens (primary N) is 1. The zero-order valence-corrected chi connectivity index (χ0v) is 6.48. The zero-order chi connectivity index (χ0) is 7.98. The first-order chi connectivity index (χ1) is 4.68. The van der Waals surface area contributed by atoms with Gasteiger partial charge in [-0.15, -0.1) is 0 Å². The van der Waals surface area contributed by atoms with Crippen molar-refractivity contribution in [1.29, 1.82) is 0 Å². The minimum atomic E-state index is -0.309. The van der Waals surface area contributed by atoms with Gasteiger partial charge in [-0.3, -0.25) is 4.79 Å². The monoisotopic (exact) mass is 145 g/mol. The van der Waals surface area contributed by atoms with Crippen molar-refractivity contribution in [1.82, 2.24) is 10.6 Å². The normalized spacial score (nSPS) is 13.0. The van der Waals surface area contributed by atoms with Gasteiger partial charge in [-0.05, 0) is 14.0 Å². The Morgan fingerprint density at radius 1 is 1.60 bits per heavy atom. The van der Waals surface area contributed by atoms with Crippen molar-refractivity contribution in [2.24, 2.45) is 5.73 Å². The first kappa shape index (κ1) is 9.39. The van der Waals surface area contributed by atoms with Crippen LogP contribution in [0.25, 0.3) is 0 Å². The van der Waals surface area contributed by atoms with Crippen LogP contribution in [-0.4, -0.2) is 32.1 Å². The lowest BCUT2D eigenvalue weighted by atomic mass is 10.3. The van der Waals surface area contributed by atoms with Gasteiger partial charge in [0.1, 0.15) is 0 Å². The van der Waals surface area contributed by atoms with Gasteiger partial charge >= 0.3 is 0 Å². The maximum absolute atomic E-state index is 10.4. The summed E-state index contributed by atoms with van der Waals surface area (Å²) >= 11 is 0. The molecule has 0 heterocycles. The minimum Gasteiger partial charge on any atom is -0.368 e. The third kappa shape index (κ3) is 4.29. The summed E-state index contributed by atoms with van der Waals surface area (Å²) in [5.41, 5.74) is 5.00. The Labute approximate surface area is 61.2 Å². The van der Waals surface area contributed by atoms with Crippen LogP contribution in [0.5, 0.6) is 0 Å². The van der Waals surface area contributed by atoms with Crippen LogP contribution in [0.4, 0.5) is 0 Å². The number of carbonyl (C=O) groups is 1. The van der Waals surface area contributed by atoms with Crippen molar-refractivity contribution >= 4 is 5.91 Å². The van der Waals surface area contributed by atoms with Gasteiger partial charge in [0.2, 0.25) is 5.91 Å². The highest BCUT2D eigenvalue weighted by molar-refractivity contribution is 5.79. The van der Waals surface area contributed by atoms with E-state index in [-0.39, 0.29) is 11.9 Å². The third-order valence-corrected chi connectivity index (χ3v) is 1.25. The van der Waals surface area contributed by atoms with Gasteiger partial charge in [0, 0.05) is 13.1 Å². The quantitative estimate of drug-likeness (QED) is 0.420. The molecule has 0 saturated carbocycles. The molecule has 0 rings (SSSR count). The van der Waals surface area contributed by atoms with Crippen molar-refractivity contribution in [3.8, 4) is 0 Å². The zero-order valence-electron chi connectivity index (χ0n) is 6.48. The van der Waals surface area contributed by atoms with Crippen LogP contribution in [0.15, 0.2) is 0 Å². The molecule has 0 aromatic heterocycles. The van der Waals surface area contributed by atoms with Crippen LogP contribution in [0.1, 0.15) is 6.92 Å². The van der Waals surface area contributed by atoms with Crippen molar-refractivity contribution in [3.63, 3.8) is 0 Å². The fourth-order valence-electron chi connectivity index (χ4n) is 0.514. The van der Waals surface area contributed by atoms with Gasteiger partial charge in [0.15, 0.2) is 0 Å². The summed E-state index contributed by atoms with van der Waals surface area (Å²) < 4.78 is 0. The maximum atomic E-state index is 10.4. The number of hydrogen-bond donors (Lipinski definition) is 3. The molecule has 1 atom stereocenters. The van der Waals surface area contributed by atoms with Crippen molar-refractivity contribution < 1.29 is 4.79 Å². The van der Waals surface area contributed by atoms with E-state index in [0.29, 0.717) is 0 Å². The molecule has 1 amide bonds. The molecule has 0 aromatic rings. The highest BCUT2D eigenvalue weighted by Crippen LogP contribution is 1.75. The average Bonchev–Trinajstić information content (AvgIpc) is 1.88. The van der Waals surface area contributed by atoms with Crippen molar-refractivity contribution in [2.75, 3.05) is 20.1 Å². The largest absolute Gasteiger partial charge is 0.368 e. The first-order valence-corrected chi connectivity index (χ1v) is 3.35. The van der Waals surface area contributed by atoms with Gasteiger partial charge in [-0.2, -0.15) is 0 Å². The topological polar surface area (TPSA) is 67.2 Å². The van der Waals surface area contributed by atoms with Crippen LogP contribution in [0, 0.1) is 0 Å². The van der Waals surface area contributed by atoms with Gasteiger partial charge < -0.3 is 16.4 Å². The molecule has 0 aliphatic carbocycles. The first-order valence-electron chi connectivity index (χ1n) is 3.35. The standard InChI is InChI=1S/C6H15N3O/c1-5(6(7)10)9-4-3-8-2/h5,8-9H,3-4H2,1-2H3,(H2,7,10). The second-order valence-electron chi connectivity index (χ2n) is 2.18. The lowest BCUT2D eigenvalue weighted by Gasteiger charge is -2.08. The molecule has 0 saturated heterocycles. The van der Waals surface area contributed by atoms with E-state index in [1.165, 1.54) is 0 Å². The molecule has 0 bridgehead atoms. The van der Waals surface area contributed by atoms with Crippen molar-refractivity contribution in [3.05, 3.63) is 0 Å². The molecule has 60 valence electrons. The predicted octanol–water partition coefficient (Wildman–Crippen LogP) is -1.33. The predicted molar refractivity (Wildman–Crippen MR) is 40.6 cm³/mol. The fraction of sp³-hybridized carbons (Fsp3) is 0.833. The number of primary amides is 1. The van der Waals surface area contributed by atoms with Gasteiger partial charge in [-0.1, -0.05) is 0 Å². The van der Waals surface area contributed by atoms with E-state index < -0.39 is 0 Å². The Kier molecular flexibility index (Phi) is 4.88. The Morgan fingerprint density at radius 2 is 2.20 bits per heavy atom. The number of amides is 1. The molecule has 0 fully saturated rings. The molecule has 4 heteroatoms. The summed E-state index contributed by atoms with van der Waals surface area (Å²) in [7, 11) is 1.86. The SMILES string of the molecule is CNCCNC(C)C(N)=O. The fourth-order valence-corrected chi connectivity index (χ4v) is 0.514. The number of rotatable bonds is 5. The summed E-state index contributed by atoms with van der Waals surface area (Å²) in [5.74, 6) is -0.309. The van der Waals surface area contributed by atoms with E-state index in [0.717, 1.165) is 13.1 Å². The van der Waals surface area contributed by atoms with E-state index in [2.05, 4.69) is 10.6 Å². The Morgan fingerprint density at radius 3 is 2.60 bits per heavy atom. The third-order valence-electron chi connectivity index (χ3n) is 1.25. The number of hydrogen-bond acceptors (Lipinski definition) is 3. The molecular formula is C6H15N3O. The molecule has 10 heavy (non-hydrogen) atoms. The summed E-state index contributed by atoms with van der Waals surface area (Å²) in [4.78, 5) is 10.4. The maximum Gasteiger partial charge on any atom is 0.234 e. The van der Waals surface area contributed by atoms with Crippen LogP contribution in [0.3, 0.4) is 0 Å². The summed E-state index contributed by atoms with van der Waals surface area (Å²) in [6, 6.07) is -0.228. The molecule has 0 aliphatic rings. The minimum absolute atomic E-state index is 0.228. The molecule has 4 N–H and O–H groups in total. The lowest BCUT2D eigenvalue weighted by Crippen LogP contribution is -2.41. The van der Waals surface area contributed by atoms with Crippen molar-refractivity contribution in [2.45, 2.75) is 13.0 Å². The smallest absolute Gasteiger partial charge is 0.234 e. The molecule has 0 spiro atoms. The van der Waals surface area contributed by atoms with Gasteiger partial charge in [-0.25, -0.2) is 0 Å². The number of likely N-dealkylation sites (N-methyl/N-ethyl adjacent to an activating group) is 1. The van der Waals surface area contributed by atoms with E-state index in [4.69, 9.17) is 5.73 Å². The van der Waals surface area contributed by atoms with E-state index in [9.17, 15) is 4.79 Å². The van der Waals surface area contributed by atoms with Crippen LogP contribution < -0.4 is 16.4 Å². The van der Waals surface area contributed by atoms with Crippen LogP contribution in [0.2, 0.25) is 0 Å². The second-order valence-corrected chi connectivity index (χ2v) is 2.18. The molecule has 0 radical (unpaired) electrons. The second kappa shape index (κ2) is 5.20. The highest BCUT2D eigenvalue weighted by atomic mass is 16.1. The highest BCUT2D eigenvalue weighted by Gasteiger charge is 2.04. The van der Waals surface area contributed by atoms with Gasteiger partial charge in [0.05, 0.1) is 6.04 Å². The molecule has 0 aromatic carbocycles. The molecule has 1 unspecified atom stereocenters. The summed E-state index contributed by atoms with van der Waals surface area (Å²) in [5, 5.41) is 5.89. The van der Waals surface area contributed by atoms with Gasteiger partial charge in [0.25, 0.3) is 0 Å². The number of nitrogens with one attached hydrogen (secondary N) is 2. The molecule has 0 aliphatic heterocycles. The Bertz CT molecular complexity index is 105. The summed E-state index contributed by atoms with van der Waals surface area (Å²) in [6.45, 7) is 3.36. The lowest BCUT2D eigenvalue weighted by molar-refractivity contribution is -0.119. The average molecular weight is 145 g/mol. The van der Waals surface area contributed by atoms with E-state index in [1.54, 1.807) is 6.92 Å². The molecular weight excluding hydrogens is 130 g/mol. The number of carbonyl (C=O) groups excluding carboxylic acids is 1. The molecule has 4 nitrogen and oxygen atoms in total. The van der Waals surface area contributed by atoms with E-state index >= 15 is 0 Å². The van der Waals surface area contributed by atoms with Crippen LogP contribution >= 0.6 is 0 Å². The Hall–Kier alpha value is -0.610. The summed E-state index contributed by atoms with van der Waals surface area (Å²) in [6.07, 6.45) is 0. The Balaban J connectivity index is 3.21. The van der Waals surface area contributed by atoms with E-state index in [1.807, 2.05) is 7.05 Å². The van der Waals surface area contributed by atoms with Crippen LogP contribution in [-0.2, 0) is 4.79 Å².